The summed E-state index contributed by atoms with van der Waals surface area (Å²) in [5, 5.41) is 0. The molecule has 16 heavy (non-hydrogen) atoms. The quantitative estimate of drug-likeness (QED) is 0.694. The van der Waals surface area contributed by atoms with E-state index in [1.807, 2.05) is 62.3 Å². The van der Waals surface area contributed by atoms with Crippen molar-refractivity contribution in [3.05, 3.63) is 0 Å². The molecule has 0 atom stereocenters. The Balaban J connectivity index is 4.53. The first-order valence-corrected chi connectivity index (χ1v) is 5.82. The molecule has 0 amide bonds. The Kier molecular flexibility index (Phi) is 4.99. The van der Waals surface area contributed by atoms with Gasteiger partial charge in [-0.1, -0.05) is 0 Å². The van der Waals surface area contributed by atoms with Crippen molar-refractivity contribution in [2.45, 2.75) is 85.6 Å². The van der Waals surface area contributed by atoms with Crippen molar-refractivity contribution in [3.8, 4) is 0 Å². The van der Waals surface area contributed by atoms with Gasteiger partial charge in [0.2, 0.25) is 0 Å². The van der Waals surface area contributed by atoms with Crippen LogP contribution in [0.4, 0.5) is 0 Å². The Morgan fingerprint density at radius 2 is 0.688 bits per heavy atom. The third-order valence-corrected chi connectivity index (χ3v) is 1.35. The van der Waals surface area contributed by atoms with Crippen LogP contribution in [0, 0.1) is 0 Å². The maximum Gasteiger partial charge on any atom is 0.273 e. The van der Waals surface area contributed by atoms with Gasteiger partial charge in [-0.05, 0) is 62.3 Å². The predicted molar refractivity (Wildman–Crippen MR) is 66.3 cm³/mol. The van der Waals surface area contributed by atoms with Gasteiger partial charge in [-0.25, -0.2) is 0 Å². The third kappa shape index (κ3) is 10.4. The fraction of sp³-hybridized carbons (Fsp3) is 1.00. The van der Waals surface area contributed by atoms with Gasteiger partial charge in [-0.15, -0.1) is 0 Å². The fourth-order valence-electron chi connectivity index (χ4n) is 0.938. The van der Waals surface area contributed by atoms with Crippen LogP contribution in [0.25, 0.3) is 0 Å². The first-order valence-electron chi connectivity index (χ1n) is 5.82. The minimum atomic E-state index is -0.639. The van der Waals surface area contributed by atoms with E-state index < -0.39 is 6.48 Å². The summed E-state index contributed by atoms with van der Waals surface area (Å²) in [7, 11) is 0. The molecule has 0 aromatic carbocycles. The van der Waals surface area contributed by atoms with Gasteiger partial charge in [0, 0.05) is 0 Å². The van der Waals surface area contributed by atoms with Crippen LogP contribution in [0.2, 0.25) is 0 Å². The summed E-state index contributed by atoms with van der Waals surface area (Å²) in [6.07, 6.45) is 0. The standard InChI is InChI=1S/C13H28O3/c1-11(2,3)14-10(15-12(4,5)6)16-13(7,8)9/h10H,1-9H3. The van der Waals surface area contributed by atoms with Crippen molar-refractivity contribution < 1.29 is 14.2 Å². The van der Waals surface area contributed by atoms with Crippen molar-refractivity contribution in [1.82, 2.24) is 0 Å². The molecule has 3 nitrogen and oxygen atoms in total. The molecule has 0 N–H and O–H groups in total. The van der Waals surface area contributed by atoms with Crippen molar-refractivity contribution in [3.63, 3.8) is 0 Å². The summed E-state index contributed by atoms with van der Waals surface area (Å²) in [5.74, 6) is 0. The molecule has 0 heterocycles. The van der Waals surface area contributed by atoms with Crippen molar-refractivity contribution in [1.29, 1.82) is 0 Å². The Bertz CT molecular complexity index is 165. The Labute approximate surface area is 100 Å². The highest BCUT2D eigenvalue weighted by Crippen LogP contribution is 2.22. The zero-order chi connectivity index (χ0) is 13.2. The highest BCUT2D eigenvalue weighted by Gasteiger charge is 2.28. The van der Waals surface area contributed by atoms with Crippen LogP contribution in [0.15, 0.2) is 0 Å². The molecular formula is C13H28O3. The van der Waals surface area contributed by atoms with Crippen molar-refractivity contribution in [2.24, 2.45) is 0 Å². The topological polar surface area (TPSA) is 27.7 Å². The van der Waals surface area contributed by atoms with E-state index >= 15 is 0 Å². The summed E-state index contributed by atoms with van der Waals surface area (Å²) in [6.45, 7) is 17.2. The summed E-state index contributed by atoms with van der Waals surface area (Å²) < 4.78 is 17.2. The third-order valence-electron chi connectivity index (χ3n) is 1.35. The molecule has 0 bridgehead atoms. The molecule has 3 heteroatoms. The van der Waals surface area contributed by atoms with Gasteiger partial charge in [0.1, 0.15) is 0 Å². The maximum atomic E-state index is 5.75. The lowest BCUT2D eigenvalue weighted by Crippen LogP contribution is -2.40. The van der Waals surface area contributed by atoms with Crippen LogP contribution in [0.3, 0.4) is 0 Å². The van der Waals surface area contributed by atoms with E-state index in [-0.39, 0.29) is 16.8 Å². The van der Waals surface area contributed by atoms with Crippen LogP contribution in [0.5, 0.6) is 0 Å². The zero-order valence-corrected chi connectivity index (χ0v) is 12.3. The second kappa shape index (κ2) is 5.03. The van der Waals surface area contributed by atoms with E-state index in [0.29, 0.717) is 0 Å². The van der Waals surface area contributed by atoms with E-state index in [1.165, 1.54) is 0 Å². The van der Waals surface area contributed by atoms with Crippen LogP contribution in [-0.2, 0) is 14.2 Å². The largest absolute Gasteiger partial charge is 0.324 e. The molecule has 0 unspecified atom stereocenters. The molecule has 0 aliphatic carbocycles. The average Bonchev–Trinajstić information content (AvgIpc) is 1.70. The van der Waals surface area contributed by atoms with Gasteiger partial charge in [0.15, 0.2) is 0 Å². The Hall–Kier alpha value is -0.120. The van der Waals surface area contributed by atoms with E-state index in [1.54, 1.807) is 0 Å². The second-order valence-electron chi connectivity index (χ2n) is 6.98. The molecule has 0 aromatic rings. The van der Waals surface area contributed by atoms with E-state index in [4.69, 9.17) is 14.2 Å². The smallest absolute Gasteiger partial charge is 0.273 e. The summed E-state index contributed by atoms with van der Waals surface area (Å²) >= 11 is 0. The lowest BCUT2D eigenvalue weighted by atomic mass is 10.2. The monoisotopic (exact) mass is 232 g/mol. The van der Waals surface area contributed by atoms with E-state index in [2.05, 4.69) is 0 Å². The molecule has 0 fully saturated rings. The highest BCUT2D eigenvalue weighted by molar-refractivity contribution is 4.65. The van der Waals surface area contributed by atoms with Gasteiger partial charge in [0.05, 0.1) is 16.8 Å². The van der Waals surface area contributed by atoms with Gasteiger partial charge in [-0.2, -0.15) is 0 Å². The number of rotatable bonds is 3. The summed E-state index contributed by atoms with van der Waals surface area (Å²) in [4.78, 5) is 0. The molecule has 98 valence electrons. The molecule has 0 spiro atoms. The molecule has 0 saturated carbocycles. The second-order valence-corrected chi connectivity index (χ2v) is 6.98. The van der Waals surface area contributed by atoms with Crippen molar-refractivity contribution in [2.75, 3.05) is 0 Å². The molecule has 0 aliphatic heterocycles. The molecule has 0 rings (SSSR count). The van der Waals surface area contributed by atoms with Gasteiger partial charge in [-0.3, -0.25) is 0 Å². The van der Waals surface area contributed by atoms with Gasteiger partial charge in [0.25, 0.3) is 6.48 Å². The SMILES string of the molecule is CC(C)(C)OC(OC(C)(C)C)OC(C)(C)C. The minimum Gasteiger partial charge on any atom is -0.324 e. The maximum absolute atomic E-state index is 5.75. The van der Waals surface area contributed by atoms with Gasteiger partial charge < -0.3 is 14.2 Å². The number of hydrogen-bond acceptors (Lipinski definition) is 3. The van der Waals surface area contributed by atoms with Crippen LogP contribution in [0.1, 0.15) is 62.3 Å². The molecule has 0 aliphatic rings. The average molecular weight is 232 g/mol. The van der Waals surface area contributed by atoms with Crippen LogP contribution in [-0.4, -0.2) is 23.3 Å². The summed E-state index contributed by atoms with van der Waals surface area (Å²) in [6, 6.07) is 0. The number of ether oxygens (including phenoxy) is 3. The molecule has 0 aromatic heterocycles. The van der Waals surface area contributed by atoms with Crippen LogP contribution < -0.4 is 0 Å². The van der Waals surface area contributed by atoms with Crippen LogP contribution >= 0.6 is 0 Å². The molecule has 0 saturated heterocycles. The lowest BCUT2D eigenvalue weighted by Gasteiger charge is -2.35. The van der Waals surface area contributed by atoms with Gasteiger partial charge >= 0.3 is 0 Å². The number of hydrogen-bond donors (Lipinski definition) is 0. The Morgan fingerprint density at radius 3 is 0.812 bits per heavy atom. The minimum absolute atomic E-state index is 0.291. The summed E-state index contributed by atoms with van der Waals surface area (Å²) in [5.41, 5.74) is -0.872. The fourth-order valence-corrected chi connectivity index (χ4v) is 0.938. The highest BCUT2D eigenvalue weighted by atomic mass is 16.9. The van der Waals surface area contributed by atoms with E-state index in [9.17, 15) is 0 Å². The predicted octanol–water partition coefficient (Wildman–Crippen LogP) is 3.72. The normalized spacial score (nSPS) is 14.6. The molecule has 0 radical (unpaired) electrons. The Morgan fingerprint density at radius 1 is 0.500 bits per heavy atom. The van der Waals surface area contributed by atoms with E-state index in [0.717, 1.165) is 0 Å². The molecular weight excluding hydrogens is 204 g/mol. The first-order chi connectivity index (χ1) is 6.79. The lowest BCUT2D eigenvalue weighted by molar-refractivity contribution is -0.367. The van der Waals surface area contributed by atoms with Crippen molar-refractivity contribution >= 4 is 0 Å². The zero-order valence-electron chi connectivity index (χ0n) is 12.3. The first kappa shape index (κ1) is 15.9.